The highest BCUT2D eigenvalue weighted by atomic mass is 35.5. The van der Waals surface area contributed by atoms with Crippen molar-refractivity contribution in [2.45, 2.75) is 46.3 Å². The molecule has 1 saturated heterocycles. The van der Waals surface area contributed by atoms with Gasteiger partial charge in [0, 0.05) is 32.7 Å². The summed E-state index contributed by atoms with van der Waals surface area (Å²) in [6.45, 7) is 11.3. The van der Waals surface area contributed by atoms with Gasteiger partial charge in [-0.05, 0) is 46.2 Å². The lowest BCUT2D eigenvalue weighted by Gasteiger charge is -2.40. The molecule has 0 radical (unpaired) electrons. The van der Waals surface area contributed by atoms with Crippen LogP contribution < -0.4 is 4.90 Å². The molecule has 0 spiro atoms. The van der Waals surface area contributed by atoms with Crippen LogP contribution in [0.4, 0.5) is 10.6 Å². The second-order valence-corrected chi connectivity index (χ2v) is 8.01. The van der Waals surface area contributed by atoms with Gasteiger partial charge in [0.2, 0.25) is 5.28 Å². The summed E-state index contributed by atoms with van der Waals surface area (Å²) >= 11 is 6.15. The van der Waals surface area contributed by atoms with Crippen LogP contribution in [0, 0.1) is 6.92 Å². The van der Waals surface area contributed by atoms with Gasteiger partial charge in [0.05, 0.1) is 0 Å². The number of aromatic nitrogens is 4. The van der Waals surface area contributed by atoms with E-state index in [-0.39, 0.29) is 17.4 Å². The summed E-state index contributed by atoms with van der Waals surface area (Å²) in [7, 11) is 1.90. The van der Waals surface area contributed by atoms with E-state index in [2.05, 4.69) is 19.9 Å². The first kappa shape index (κ1) is 18.7. The van der Waals surface area contributed by atoms with Gasteiger partial charge in [0.1, 0.15) is 11.4 Å². The maximum atomic E-state index is 12.3. The van der Waals surface area contributed by atoms with Crippen molar-refractivity contribution < 1.29 is 9.53 Å². The van der Waals surface area contributed by atoms with E-state index in [9.17, 15) is 4.79 Å². The molecule has 1 aliphatic heterocycles. The van der Waals surface area contributed by atoms with Crippen LogP contribution in [0.15, 0.2) is 0 Å². The summed E-state index contributed by atoms with van der Waals surface area (Å²) in [6.07, 6.45) is -0.288. The predicted octanol–water partition coefficient (Wildman–Crippen LogP) is 2.77. The molecule has 26 heavy (non-hydrogen) atoms. The minimum Gasteiger partial charge on any atom is -0.444 e. The smallest absolute Gasteiger partial charge is 0.410 e. The third-order valence-electron chi connectivity index (χ3n) is 4.45. The van der Waals surface area contributed by atoms with Crippen LogP contribution in [-0.4, -0.2) is 61.8 Å². The second-order valence-electron chi connectivity index (χ2n) is 7.68. The highest BCUT2D eigenvalue weighted by molar-refractivity contribution is 6.28. The van der Waals surface area contributed by atoms with Crippen molar-refractivity contribution in [3.05, 3.63) is 11.1 Å². The lowest BCUT2D eigenvalue weighted by molar-refractivity contribution is 0.0218. The zero-order chi connectivity index (χ0) is 19.2. The standard InChI is InChI=1S/C17H25ClN6O2/c1-10-9-23(16(25)26-17(3,4)5)7-8-24(10)14-12-13(20-15(18)21-14)22(6)11(2)19-12/h10H,7-9H2,1-6H3. The zero-order valence-electron chi connectivity index (χ0n) is 16.1. The number of carbonyl (C=O) groups excluding carboxylic acids is 1. The molecule has 3 heterocycles. The van der Waals surface area contributed by atoms with Crippen molar-refractivity contribution in [1.29, 1.82) is 0 Å². The van der Waals surface area contributed by atoms with E-state index in [0.717, 1.165) is 11.3 Å². The van der Waals surface area contributed by atoms with Gasteiger partial charge in [-0.3, -0.25) is 0 Å². The molecule has 0 aliphatic carbocycles. The fourth-order valence-corrected chi connectivity index (χ4v) is 3.25. The fraction of sp³-hybridized carbons (Fsp3) is 0.647. The fourth-order valence-electron chi connectivity index (χ4n) is 3.09. The Kier molecular flexibility index (Phi) is 4.72. The second kappa shape index (κ2) is 6.57. The minimum atomic E-state index is -0.505. The SMILES string of the molecule is Cc1nc2c(N3CCN(C(=O)OC(C)(C)C)CC3C)nc(Cl)nc2n1C. The number of carbonyl (C=O) groups is 1. The molecule has 2 aromatic heterocycles. The van der Waals surface area contributed by atoms with Crippen molar-refractivity contribution in [3.63, 3.8) is 0 Å². The maximum absolute atomic E-state index is 12.3. The number of anilines is 1. The van der Waals surface area contributed by atoms with Crippen LogP contribution in [0.5, 0.6) is 0 Å². The normalized spacial score (nSPS) is 18.5. The van der Waals surface area contributed by atoms with E-state index >= 15 is 0 Å². The zero-order valence-corrected chi connectivity index (χ0v) is 16.8. The van der Waals surface area contributed by atoms with E-state index in [4.69, 9.17) is 16.3 Å². The van der Waals surface area contributed by atoms with Crippen LogP contribution in [-0.2, 0) is 11.8 Å². The molecule has 0 saturated carbocycles. The summed E-state index contributed by atoms with van der Waals surface area (Å²) in [5.74, 6) is 1.55. The largest absolute Gasteiger partial charge is 0.444 e. The molecule has 142 valence electrons. The summed E-state index contributed by atoms with van der Waals surface area (Å²) in [6, 6.07) is 0.0488. The highest BCUT2D eigenvalue weighted by Gasteiger charge is 2.32. The molecular weight excluding hydrogens is 356 g/mol. The molecule has 9 heteroatoms. The van der Waals surface area contributed by atoms with E-state index in [1.54, 1.807) is 4.90 Å². The number of nitrogens with zero attached hydrogens (tertiary/aromatic N) is 6. The third-order valence-corrected chi connectivity index (χ3v) is 4.62. The third kappa shape index (κ3) is 3.56. The number of halogens is 1. The Morgan fingerprint density at radius 2 is 1.92 bits per heavy atom. The molecule has 0 bridgehead atoms. The number of piperazine rings is 1. The number of hydrogen-bond donors (Lipinski definition) is 0. The summed E-state index contributed by atoms with van der Waals surface area (Å²) < 4.78 is 7.38. The molecule has 1 amide bonds. The van der Waals surface area contributed by atoms with Gasteiger partial charge < -0.3 is 19.1 Å². The van der Waals surface area contributed by atoms with Gasteiger partial charge in [-0.15, -0.1) is 0 Å². The first-order valence-electron chi connectivity index (χ1n) is 8.68. The molecule has 0 N–H and O–H groups in total. The van der Waals surface area contributed by atoms with Gasteiger partial charge in [-0.1, -0.05) is 0 Å². The molecule has 2 aromatic rings. The predicted molar refractivity (Wildman–Crippen MR) is 101 cm³/mol. The van der Waals surface area contributed by atoms with Crippen molar-refractivity contribution in [2.24, 2.45) is 7.05 Å². The molecule has 1 fully saturated rings. The Labute approximate surface area is 158 Å². The van der Waals surface area contributed by atoms with Crippen LogP contribution in [0.3, 0.4) is 0 Å². The molecule has 0 aromatic carbocycles. The van der Waals surface area contributed by atoms with Crippen molar-refractivity contribution >= 4 is 34.7 Å². The molecule has 3 rings (SSSR count). The number of ether oxygens (including phenoxy) is 1. The van der Waals surface area contributed by atoms with Crippen molar-refractivity contribution in [3.8, 4) is 0 Å². The van der Waals surface area contributed by atoms with E-state index < -0.39 is 5.60 Å². The molecule has 1 atom stereocenters. The van der Waals surface area contributed by atoms with Gasteiger partial charge in [0.25, 0.3) is 0 Å². The molecule has 1 unspecified atom stereocenters. The lowest BCUT2D eigenvalue weighted by Crippen LogP contribution is -2.55. The van der Waals surface area contributed by atoms with Crippen molar-refractivity contribution in [1.82, 2.24) is 24.4 Å². The monoisotopic (exact) mass is 380 g/mol. The summed E-state index contributed by atoms with van der Waals surface area (Å²) in [5, 5.41) is 0.192. The summed E-state index contributed by atoms with van der Waals surface area (Å²) in [4.78, 5) is 29.5. The van der Waals surface area contributed by atoms with Crippen LogP contribution >= 0.6 is 11.6 Å². The first-order chi connectivity index (χ1) is 12.1. The van der Waals surface area contributed by atoms with E-state index in [1.165, 1.54) is 0 Å². The topological polar surface area (TPSA) is 76.4 Å². The number of imidazole rings is 1. The summed E-state index contributed by atoms with van der Waals surface area (Å²) in [5.41, 5.74) is 0.932. The van der Waals surface area contributed by atoms with Crippen molar-refractivity contribution in [2.75, 3.05) is 24.5 Å². The Hall–Kier alpha value is -2.09. The highest BCUT2D eigenvalue weighted by Crippen LogP contribution is 2.28. The van der Waals surface area contributed by atoms with Crippen LogP contribution in [0.1, 0.15) is 33.5 Å². The van der Waals surface area contributed by atoms with Crippen LogP contribution in [0.25, 0.3) is 11.2 Å². The lowest BCUT2D eigenvalue weighted by atomic mass is 10.2. The number of hydrogen-bond acceptors (Lipinski definition) is 6. The number of rotatable bonds is 1. The van der Waals surface area contributed by atoms with Gasteiger partial charge in [-0.2, -0.15) is 9.97 Å². The van der Waals surface area contributed by atoms with E-state index in [0.29, 0.717) is 31.1 Å². The molecule has 8 nitrogen and oxygen atoms in total. The first-order valence-corrected chi connectivity index (χ1v) is 9.06. The van der Waals surface area contributed by atoms with Gasteiger partial charge >= 0.3 is 6.09 Å². The number of aryl methyl sites for hydroxylation is 2. The minimum absolute atomic E-state index is 0.0488. The Balaban J connectivity index is 1.85. The number of fused-ring (bicyclic) bond motifs is 1. The van der Waals surface area contributed by atoms with Gasteiger partial charge in [0.15, 0.2) is 17.0 Å². The molecular formula is C17H25ClN6O2. The Morgan fingerprint density at radius 3 is 2.54 bits per heavy atom. The van der Waals surface area contributed by atoms with Gasteiger partial charge in [-0.25, -0.2) is 9.78 Å². The Morgan fingerprint density at radius 1 is 1.23 bits per heavy atom. The maximum Gasteiger partial charge on any atom is 0.410 e. The molecule has 1 aliphatic rings. The van der Waals surface area contributed by atoms with Crippen LogP contribution in [0.2, 0.25) is 5.28 Å². The average molecular weight is 381 g/mol. The average Bonchev–Trinajstić information content (AvgIpc) is 2.80. The van der Waals surface area contributed by atoms with E-state index in [1.807, 2.05) is 46.2 Å². The Bertz CT molecular complexity index is 844. The quantitative estimate of drug-likeness (QED) is 0.708. The number of amides is 1.